The van der Waals surface area contributed by atoms with E-state index in [0.29, 0.717) is 0 Å². The van der Waals surface area contributed by atoms with Crippen molar-refractivity contribution in [3.8, 4) is 11.1 Å². The highest BCUT2D eigenvalue weighted by Crippen LogP contribution is 2.32. The second kappa shape index (κ2) is 4.87. The third kappa shape index (κ3) is 2.13. The highest BCUT2D eigenvalue weighted by atomic mass is 14.6. The normalized spacial score (nSPS) is 12.5. The lowest BCUT2D eigenvalue weighted by molar-refractivity contribution is 0.820. The van der Waals surface area contributed by atoms with Crippen LogP contribution in [0.15, 0.2) is 66.7 Å². The standard InChI is InChI=1S/C18H17N/c1-13(19)15-9-4-5-11-17(15)18-12-6-8-14-7-2-3-10-16(14)18/h2-13H,19H2,1H3. The molecule has 0 aliphatic carbocycles. The Morgan fingerprint density at radius 1 is 0.737 bits per heavy atom. The van der Waals surface area contributed by atoms with E-state index in [1.54, 1.807) is 0 Å². The van der Waals surface area contributed by atoms with Crippen molar-refractivity contribution in [3.63, 3.8) is 0 Å². The first kappa shape index (κ1) is 11.9. The van der Waals surface area contributed by atoms with E-state index in [2.05, 4.69) is 60.7 Å². The first-order chi connectivity index (χ1) is 9.27. The van der Waals surface area contributed by atoms with Gasteiger partial charge >= 0.3 is 0 Å². The molecule has 1 nitrogen and oxygen atoms in total. The minimum absolute atomic E-state index is 0.0372. The Kier molecular flexibility index (Phi) is 3.06. The van der Waals surface area contributed by atoms with Crippen LogP contribution in [-0.4, -0.2) is 0 Å². The molecule has 0 aliphatic heterocycles. The van der Waals surface area contributed by atoms with Gasteiger partial charge < -0.3 is 5.73 Å². The second-order valence-electron chi connectivity index (χ2n) is 4.90. The SMILES string of the molecule is CC(N)c1ccccc1-c1cccc2ccccc12. The van der Waals surface area contributed by atoms with Gasteiger partial charge in [0.25, 0.3) is 0 Å². The number of nitrogens with two attached hydrogens (primary N) is 1. The van der Waals surface area contributed by atoms with Gasteiger partial charge in [0, 0.05) is 6.04 Å². The van der Waals surface area contributed by atoms with Crippen LogP contribution in [-0.2, 0) is 0 Å². The highest BCUT2D eigenvalue weighted by Gasteiger charge is 2.10. The van der Waals surface area contributed by atoms with Gasteiger partial charge in [-0.05, 0) is 34.4 Å². The van der Waals surface area contributed by atoms with Gasteiger partial charge in [0.1, 0.15) is 0 Å². The van der Waals surface area contributed by atoms with Gasteiger partial charge in [0.2, 0.25) is 0 Å². The number of hydrogen-bond donors (Lipinski definition) is 1. The van der Waals surface area contributed by atoms with E-state index in [1.807, 2.05) is 13.0 Å². The number of benzene rings is 3. The Morgan fingerprint density at radius 3 is 2.21 bits per heavy atom. The fourth-order valence-corrected chi connectivity index (χ4v) is 2.60. The lowest BCUT2D eigenvalue weighted by Gasteiger charge is -2.14. The maximum atomic E-state index is 6.10. The lowest BCUT2D eigenvalue weighted by atomic mass is 9.92. The molecular weight excluding hydrogens is 230 g/mol. The molecule has 0 saturated heterocycles. The summed E-state index contributed by atoms with van der Waals surface area (Å²) in [4.78, 5) is 0. The van der Waals surface area contributed by atoms with Crippen LogP contribution in [0, 0.1) is 0 Å². The first-order valence-electron chi connectivity index (χ1n) is 6.60. The molecule has 0 spiro atoms. The summed E-state index contributed by atoms with van der Waals surface area (Å²) in [5, 5.41) is 2.54. The molecule has 1 heteroatoms. The third-order valence-electron chi connectivity index (χ3n) is 3.53. The number of rotatable bonds is 2. The summed E-state index contributed by atoms with van der Waals surface area (Å²) >= 11 is 0. The summed E-state index contributed by atoms with van der Waals surface area (Å²) in [6.07, 6.45) is 0. The molecule has 94 valence electrons. The predicted octanol–water partition coefficient (Wildman–Crippen LogP) is 4.53. The smallest absolute Gasteiger partial charge is 0.0272 e. The van der Waals surface area contributed by atoms with Crippen molar-refractivity contribution in [2.24, 2.45) is 5.73 Å². The molecule has 0 amide bonds. The van der Waals surface area contributed by atoms with Crippen molar-refractivity contribution in [1.29, 1.82) is 0 Å². The van der Waals surface area contributed by atoms with Gasteiger partial charge in [-0.15, -0.1) is 0 Å². The Hall–Kier alpha value is -2.12. The summed E-state index contributed by atoms with van der Waals surface area (Å²) in [7, 11) is 0. The highest BCUT2D eigenvalue weighted by molar-refractivity contribution is 5.97. The van der Waals surface area contributed by atoms with Crippen LogP contribution >= 0.6 is 0 Å². The summed E-state index contributed by atoms with van der Waals surface area (Å²) < 4.78 is 0. The van der Waals surface area contributed by atoms with Crippen LogP contribution in [0.25, 0.3) is 21.9 Å². The van der Waals surface area contributed by atoms with Gasteiger partial charge in [-0.1, -0.05) is 66.7 Å². The second-order valence-corrected chi connectivity index (χ2v) is 4.90. The molecule has 3 rings (SSSR count). The molecule has 3 aromatic rings. The zero-order valence-electron chi connectivity index (χ0n) is 11.0. The number of fused-ring (bicyclic) bond motifs is 1. The average Bonchev–Trinajstić information content (AvgIpc) is 2.46. The summed E-state index contributed by atoms with van der Waals surface area (Å²) in [5.74, 6) is 0. The minimum atomic E-state index is 0.0372. The fourth-order valence-electron chi connectivity index (χ4n) is 2.60. The number of hydrogen-bond acceptors (Lipinski definition) is 1. The molecule has 0 heterocycles. The molecule has 2 N–H and O–H groups in total. The van der Waals surface area contributed by atoms with Crippen LogP contribution in [0.4, 0.5) is 0 Å². The van der Waals surface area contributed by atoms with Crippen LogP contribution in [0.3, 0.4) is 0 Å². The van der Waals surface area contributed by atoms with Gasteiger partial charge in [-0.25, -0.2) is 0 Å². The summed E-state index contributed by atoms with van der Waals surface area (Å²) in [6.45, 7) is 2.03. The van der Waals surface area contributed by atoms with E-state index in [4.69, 9.17) is 5.73 Å². The lowest BCUT2D eigenvalue weighted by Crippen LogP contribution is -2.06. The van der Waals surface area contributed by atoms with Gasteiger partial charge in [0.15, 0.2) is 0 Å². The first-order valence-corrected chi connectivity index (χ1v) is 6.60. The van der Waals surface area contributed by atoms with Crippen LogP contribution in [0.1, 0.15) is 18.5 Å². The summed E-state index contributed by atoms with van der Waals surface area (Å²) in [6, 6.07) is 23.3. The van der Waals surface area contributed by atoms with Gasteiger partial charge in [-0.3, -0.25) is 0 Å². The van der Waals surface area contributed by atoms with Crippen LogP contribution in [0.2, 0.25) is 0 Å². The Balaban J connectivity index is 2.31. The van der Waals surface area contributed by atoms with E-state index in [1.165, 1.54) is 27.5 Å². The largest absolute Gasteiger partial charge is 0.324 e. The topological polar surface area (TPSA) is 26.0 Å². The molecule has 0 bridgehead atoms. The molecular formula is C18H17N. The predicted molar refractivity (Wildman–Crippen MR) is 82.0 cm³/mol. The van der Waals surface area contributed by atoms with Crippen LogP contribution < -0.4 is 5.73 Å². The monoisotopic (exact) mass is 247 g/mol. The minimum Gasteiger partial charge on any atom is -0.324 e. The van der Waals surface area contributed by atoms with Crippen molar-refractivity contribution < 1.29 is 0 Å². The Labute approximate surface area is 113 Å². The van der Waals surface area contributed by atoms with E-state index in [0.717, 1.165) is 0 Å². The van der Waals surface area contributed by atoms with Crippen molar-refractivity contribution >= 4 is 10.8 Å². The van der Waals surface area contributed by atoms with E-state index < -0.39 is 0 Å². The molecule has 0 saturated carbocycles. The molecule has 0 aromatic heterocycles. The van der Waals surface area contributed by atoms with Crippen LogP contribution in [0.5, 0.6) is 0 Å². The average molecular weight is 247 g/mol. The molecule has 19 heavy (non-hydrogen) atoms. The molecule has 1 unspecified atom stereocenters. The molecule has 0 aliphatic rings. The Morgan fingerprint density at radius 2 is 1.37 bits per heavy atom. The van der Waals surface area contributed by atoms with Crippen molar-refractivity contribution in [1.82, 2.24) is 0 Å². The molecule has 0 fully saturated rings. The van der Waals surface area contributed by atoms with Gasteiger partial charge in [0.05, 0.1) is 0 Å². The molecule has 0 radical (unpaired) electrons. The third-order valence-corrected chi connectivity index (χ3v) is 3.53. The van der Waals surface area contributed by atoms with Crippen molar-refractivity contribution in [2.45, 2.75) is 13.0 Å². The maximum Gasteiger partial charge on any atom is 0.0272 e. The van der Waals surface area contributed by atoms with E-state index in [9.17, 15) is 0 Å². The van der Waals surface area contributed by atoms with Crippen molar-refractivity contribution in [3.05, 3.63) is 72.3 Å². The molecule has 3 aromatic carbocycles. The maximum absolute atomic E-state index is 6.10. The Bertz CT molecular complexity index is 708. The quantitative estimate of drug-likeness (QED) is 0.707. The van der Waals surface area contributed by atoms with E-state index >= 15 is 0 Å². The fraction of sp³-hybridized carbons (Fsp3) is 0.111. The zero-order chi connectivity index (χ0) is 13.2. The molecule has 1 atom stereocenters. The van der Waals surface area contributed by atoms with Gasteiger partial charge in [-0.2, -0.15) is 0 Å². The zero-order valence-corrected chi connectivity index (χ0v) is 11.0. The van der Waals surface area contributed by atoms with Crippen molar-refractivity contribution in [2.75, 3.05) is 0 Å². The van der Waals surface area contributed by atoms with E-state index in [-0.39, 0.29) is 6.04 Å². The summed E-state index contributed by atoms with van der Waals surface area (Å²) in [5.41, 5.74) is 9.78.